The maximum Gasteiger partial charge on any atom is 0.336 e. The fourth-order valence-electron chi connectivity index (χ4n) is 1.60. The Balaban J connectivity index is 2.18. The van der Waals surface area contributed by atoms with Crippen molar-refractivity contribution in [3.63, 3.8) is 0 Å². The van der Waals surface area contributed by atoms with E-state index in [4.69, 9.17) is 5.11 Å². The van der Waals surface area contributed by atoms with Gasteiger partial charge in [0.05, 0.1) is 10.5 Å². The Bertz CT molecular complexity index is 671. The van der Waals surface area contributed by atoms with Gasteiger partial charge >= 0.3 is 5.97 Å². The van der Waals surface area contributed by atoms with E-state index in [1.54, 1.807) is 0 Å². The van der Waals surface area contributed by atoms with Crippen LogP contribution in [-0.2, 0) is 6.54 Å². The topological polar surface area (TPSA) is 92.5 Å². The quantitative estimate of drug-likeness (QED) is 0.653. The van der Waals surface area contributed by atoms with Crippen LogP contribution in [0.4, 0.5) is 15.8 Å². The number of rotatable bonds is 5. The Morgan fingerprint density at radius 3 is 2.85 bits per heavy atom. The lowest BCUT2D eigenvalue weighted by Crippen LogP contribution is -2.04. The van der Waals surface area contributed by atoms with Crippen molar-refractivity contribution in [3.8, 4) is 0 Å². The predicted molar refractivity (Wildman–Crippen MR) is 71.7 cm³/mol. The summed E-state index contributed by atoms with van der Waals surface area (Å²) in [5.74, 6) is -1.78. The number of thiophene rings is 1. The molecule has 0 bridgehead atoms. The van der Waals surface area contributed by atoms with Crippen molar-refractivity contribution in [1.82, 2.24) is 0 Å². The first-order valence-electron chi connectivity index (χ1n) is 5.46. The van der Waals surface area contributed by atoms with Gasteiger partial charge in [0.1, 0.15) is 5.69 Å². The van der Waals surface area contributed by atoms with Gasteiger partial charge in [-0.25, -0.2) is 9.18 Å². The minimum Gasteiger partial charge on any atom is -0.478 e. The lowest BCUT2D eigenvalue weighted by molar-refractivity contribution is -0.384. The van der Waals surface area contributed by atoms with Crippen LogP contribution >= 0.6 is 11.3 Å². The zero-order valence-electron chi connectivity index (χ0n) is 10.00. The van der Waals surface area contributed by atoms with E-state index < -0.39 is 16.7 Å². The minimum absolute atomic E-state index is 0.111. The van der Waals surface area contributed by atoms with Gasteiger partial charge in [-0.15, -0.1) is 11.3 Å². The van der Waals surface area contributed by atoms with Crippen LogP contribution in [0.1, 0.15) is 15.2 Å². The Kier molecular flexibility index (Phi) is 3.94. The molecule has 0 spiro atoms. The minimum atomic E-state index is -1.05. The van der Waals surface area contributed by atoms with Gasteiger partial charge in [-0.3, -0.25) is 10.1 Å². The highest BCUT2D eigenvalue weighted by Gasteiger charge is 2.17. The molecule has 8 heteroatoms. The van der Waals surface area contributed by atoms with Crippen molar-refractivity contribution in [2.75, 3.05) is 5.32 Å². The lowest BCUT2D eigenvalue weighted by Gasteiger charge is -2.06. The highest BCUT2D eigenvalue weighted by Crippen LogP contribution is 2.28. The Morgan fingerprint density at radius 2 is 2.25 bits per heavy atom. The lowest BCUT2D eigenvalue weighted by atomic mass is 10.2. The molecule has 1 aromatic heterocycles. The molecular weight excluding hydrogens is 287 g/mol. The van der Waals surface area contributed by atoms with E-state index in [2.05, 4.69) is 5.32 Å². The molecular formula is C12H9FN2O4S. The van der Waals surface area contributed by atoms with Gasteiger partial charge < -0.3 is 10.4 Å². The summed E-state index contributed by atoms with van der Waals surface area (Å²) < 4.78 is 13.6. The number of aromatic carboxylic acids is 1. The number of benzene rings is 1. The molecule has 0 aliphatic carbocycles. The summed E-state index contributed by atoms with van der Waals surface area (Å²) in [4.78, 5) is 21.5. The van der Waals surface area contributed by atoms with Crippen molar-refractivity contribution in [2.24, 2.45) is 0 Å². The number of carboxylic acid groups (broad SMARTS) is 1. The molecule has 0 amide bonds. The van der Waals surface area contributed by atoms with Crippen molar-refractivity contribution < 1.29 is 19.2 Å². The molecule has 0 aliphatic heterocycles. The van der Waals surface area contributed by atoms with Gasteiger partial charge in [-0.2, -0.15) is 0 Å². The molecule has 1 aromatic carbocycles. The molecule has 2 rings (SSSR count). The van der Waals surface area contributed by atoms with Crippen LogP contribution in [0, 0.1) is 15.9 Å². The third kappa shape index (κ3) is 2.91. The van der Waals surface area contributed by atoms with E-state index in [0.29, 0.717) is 4.88 Å². The fraction of sp³-hybridized carbons (Fsp3) is 0.0833. The number of hydrogen-bond acceptors (Lipinski definition) is 5. The second-order valence-corrected chi connectivity index (χ2v) is 4.85. The summed E-state index contributed by atoms with van der Waals surface area (Å²) in [6, 6.07) is 5.01. The predicted octanol–water partition coefficient (Wildman–Crippen LogP) is 3.11. The highest BCUT2D eigenvalue weighted by atomic mass is 32.1. The third-order valence-electron chi connectivity index (χ3n) is 2.53. The van der Waals surface area contributed by atoms with Crippen molar-refractivity contribution in [3.05, 3.63) is 56.0 Å². The van der Waals surface area contributed by atoms with Gasteiger partial charge in [0.15, 0.2) is 5.82 Å². The van der Waals surface area contributed by atoms with Crippen LogP contribution in [0.15, 0.2) is 29.6 Å². The molecule has 2 N–H and O–H groups in total. The number of nitro groups is 1. The van der Waals surface area contributed by atoms with Gasteiger partial charge in [0, 0.05) is 22.9 Å². The molecule has 1 heterocycles. The van der Waals surface area contributed by atoms with E-state index in [-0.39, 0.29) is 23.5 Å². The number of halogens is 1. The summed E-state index contributed by atoms with van der Waals surface area (Å²) in [6.45, 7) is 0.111. The molecule has 20 heavy (non-hydrogen) atoms. The van der Waals surface area contributed by atoms with Gasteiger partial charge in [-0.1, -0.05) is 6.07 Å². The Morgan fingerprint density at radius 1 is 1.50 bits per heavy atom. The largest absolute Gasteiger partial charge is 0.478 e. The van der Waals surface area contributed by atoms with Crippen LogP contribution in [-0.4, -0.2) is 16.0 Å². The summed E-state index contributed by atoms with van der Waals surface area (Å²) in [7, 11) is 0. The number of hydrogen-bond donors (Lipinski definition) is 2. The number of anilines is 1. The van der Waals surface area contributed by atoms with Crippen molar-refractivity contribution in [2.45, 2.75) is 6.54 Å². The maximum absolute atomic E-state index is 13.6. The van der Waals surface area contributed by atoms with Crippen molar-refractivity contribution >= 4 is 28.7 Å². The fourth-order valence-corrected chi connectivity index (χ4v) is 2.40. The molecule has 0 atom stereocenters. The second kappa shape index (κ2) is 5.66. The van der Waals surface area contributed by atoms with E-state index in [9.17, 15) is 19.3 Å². The number of nitro benzene ring substituents is 1. The first-order chi connectivity index (χ1) is 9.49. The average Bonchev–Trinajstić information content (AvgIpc) is 2.86. The zero-order valence-corrected chi connectivity index (χ0v) is 10.8. The van der Waals surface area contributed by atoms with E-state index in [1.807, 2.05) is 0 Å². The number of para-hydroxylation sites is 1. The molecule has 0 radical (unpaired) electrons. The van der Waals surface area contributed by atoms with Crippen LogP contribution in [0.2, 0.25) is 0 Å². The molecule has 2 aromatic rings. The van der Waals surface area contributed by atoms with Gasteiger partial charge in [0.25, 0.3) is 5.69 Å². The van der Waals surface area contributed by atoms with Crippen LogP contribution in [0.25, 0.3) is 0 Å². The number of carbonyl (C=O) groups is 1. The van der Waals surface area contributed by atoms with E-state index in [0.717, 1.165) is 6.07 Å². The van der Waals surface area contributed by atoms with Gasteiger partial charge in [-0.05, 0) is 12.1 Å². The van der Waals surface area contributed by atoms with Crippen LogP contribution in [0.5, 0.6) is 0 Å². The highest BCUT2D eigenvalue weighted by molar-refractivity contribution is 7.10. The van der Waals surface area contributed by atoms with Crippen LogP contribution < -0.4 is 5.32 Å². The van der Waals surface area contributed by atoms with E-state index >= 15 is 0 Å². The normalized spacial score (nSPS) is 10.2. The number of carboxylic acids is 1. The average molecular weight is 296 g/mol. The molecule has 0 fully saturated rings. The molecule has 0 saturated heterocycles. The SMILES string of the molecule is O=C(O)c1csc(CNc2c(F)cccc2[N+](=O)[O-])c1. The first-order valence-corrected chi connectivity index (χ1v) is 6.34. The number of nitrogens with zero attached hydrogens (tertiary/aromatic N) is 1. The molecule has 104 valence electrons. The van der Waals surface area contributed by atoms with Crippen LogP contribution in [0.3, 0.4) is 0 Å². The molecule has 0 unspecified atom stereocenters. The maximum atomic E-state index is 13.6. The van der Waals surface area contributed by atoms with E-state index in [1.165, 1.54) is 34.9 Å². The molecule has 6 nitrogen and oxygen atoms in total. The smallest absolute Gasteiger partial charge is 0.336 e. The molecule has 0 aliphatic rings. The Hall–Kier alpha value is -2.48. The monoisotopic (exact) mass is 296 g/mol. The van der Waals surface area contributed by atoms with Crippen molar-refractivity contribution in [1.29, 1.82) is 0 Å². The standard InChI is InChI=1S/C12H9FN2O4S/c13-9-2-1-3-10(15(18)19)11(9)14-5-8-4-7(6-20-8)12(16)17/h1-4,6,14H,5H2,(H,16,17). The Labute approximate surface area is 116 Å². The summed E-state index contributed by atoms with van der Waals surface area (Å²) >= 11 is 1.18. The summed E-state index contributed by atoms with van der Waals surface area (Å²) in [6.07, 6.45) is 0. The molecule has 0 saturated carbocycles. The zero-order chi connectivity index (χ0) is 14.7. The summed E-state index contributed by atoms with van der Waals surface area (Å²) in [5, 5.41) is 23.7. The summed E-state index contributed by atoms with van der Waals surface area (Å²) in [5.41, 5.74) is -0.433. The second-order valence-electron chi connectivity index (χ2n) is 3.85. The third-order valence-corrected chi connectivity index (χ3v) is 3.47. The van der Waals surface area contributed by atoms with Gasteiger partial charge in [0.2, 0.25) is 0 Å². The first kappa shape index (κ1) is 13.9. The number of nitrogens with one attached hydrogen (secondary N) is 1.